The number of anilines is 1. The third-order valence-electron chi connectivity index (χ3n) is 5.44. The largest absolute Gasteiger partial charge is 0.308 e. The highest BCUT2D eigenvalue weighted by atomic mass is 32.2. The van der Waals surface area contributed by atoms with Crippen LogP contribution in [0.25, 0.3) is 10.2 Å². The number of halogens is 1. The quantitative estimate of drug-likeness (QED) is 0.384. The number of unbranched alkanes of at least 4 members (excludes halogenated alkanes) is 1. The highest BCUT2D eigenvalue weighted by molar-refractivity contribution is 7.89. The fraction of sp³-hybridized carbons (Fsp3) is 0.417. The minimum absolute atomic E-state index is 0.164. The van der Waals surface area contributed by atoms with E-state index < -0.39 is 10.0 Å². The Morgan fingerprint density at radius 1 is 1.03 bits per heavy atom. The maximum absolute atomic E-state index is 13.6. The van der Waals surface area contributed by atoms with Gasteiger partial charge in [-0.05, 0) is 63.0 Å². The average Bonchev–Trinajstić information content (AvgIpc) is 3.22. The van der Waals surface area contributed by atoms with E-state index in [9.17, 15) is 17.6 Å². The Hall–Kier alpha value is -2.40. The number of nitrogens with zero attached hydrogens (tertiary/aromatic N) is 4. The van der Waals surface area contributed by atoms with Gasteiger partial charge in [-0.2, -0.15) is 4.31 Å². The summed E-state index contributed by atoms with van der Waals surface area (Å²) in [5.41, 5.74) is 0.983. The van der Waals surface area contributed by atoms with E-state index in [0.29, 0.717) is 47.1 Å². The van der Waals surface area contributed by atoms with Gasteiger partial charge in [-0.25, -0.2) is 17.8 Å². The molecule has 0 unspecified atom stereocenters. The van der Waals surface area contributed by atoms with E-state index in [4.69, 9.17) is 0 Å². The number of sulfonamides is 1. The SMILES string of the molecule is CCCCN(CC)S(=O)(=O)c1ccc(C(=O)N(CCN(C)C)c2nc3ccc(F)cc3s2)cc1. The first-order chi connectivity index (χ1) is 16.2. The molecule has 0 bridgehead atoms. The molecule has 1 aromatic heterocycles. The van der Waals surface area contributed by atoms with Gasteiger partial charge in [0, 0.05) is 31.7 Å². The van der Waals surface area contributed by atoms with Crippen molar-refractivity contribution in [3.05, 3.63) is 53.8 Å². The summed E-state index contributed by atoms with van der Waals surface area (Å²) in [5, 5.41) is 0.473. The number of hydrogen-bond donors (Lipinski definition) is 0. The Balaban J connectivity index is 1.90. The Bertz CT molecular complexity index is 1230. The predicted octanol–water partition coefficient (Wildman–Crippen LogP) is 4.45. The van der Waals surface area contributed by atoms with Crippen LogP contribution >= 0.6 is 11.3 Å². The Morgan fingerprint density at radius 3 is 2.35 bits per heavy atom. The molecule has 2 aromatic carbocycles. The summed E-state index contributed by atoms with van der Waals surface area (Å²) >= 11 is 1.25. The number of hydrogen-bond acceptors (Lipinski definition) is 6. The molecule has 10 heteroatoms. The Labute approximate surface area is 204 Å². The second-order valence-corrected chi connectivity index (χ2v) is 11.2. The molecule has 0 aliphatic heterocycles. The zero-order valence-electron chi connectivity index (χ0n) is 20.0. The molecule has 0 aliphatic carbocycles. The van der Waals surface area contributed by atoms with Crippen molar-refractivity contribution in [1.29, 1.82) is 0 Å². The molecule has 0 N–H and O–H groups in total. The summed E-state index contributed by atoms with van der Waals surface area (Å²) in [5.74, 6) is -0.644. The predicted molar refractivity (Wildman–Crippen MR) is 136 cm³/mol. The van der Waals surface area contributed by atoms with Crippen molar-refractivity contribution < 1.29 is 17.6 Å². The van der Waals surface area contributed by atoms with Gasteiger partial charge in [0.15, 0.2) is 5.13 Å². The summed E-state index contributed by atoms with van der Waals surface area (Å²) in [4.78, 5) is 21.7. The molecule has 1 amide bonds. The molecular weight excluding hydrogens is 475 g/mol. The maximum atomic E-state index is 13.6. The van der Waals surface area contributed by atoms with Crippen molar-refractivity contribution in [2.45, 2.75) is 31.6 Å². The molecule has 3 aromatic rings. The number of aromatic nitrogens is 1. The van der Waals surface area contributed by atoms with E-state index in [0.717, 1.165) is 12.8 Å². The van der Waals surface area contributed by atoms with Gasteiger partial charge in [0.05, 0.1) is 15.1 Å². The second kappa shape index (κ2) is 11.4. The van der Waals surface area contributed by atoms with Gasteiger partial charge >= 0.3 is 0 Å². The summed E-state index contributed by atoms with van der Waals surface area (Å²) in [6, 6.07) is 10.4. The lowest BCUT2D eigenvalue weighted by Crippen LogP contribution is -2.36. The van der Waals surface area contributed by atoms with E-state index in [1.54, 1.807) is 23.1 Å². The number of carbonyl (C=O) groups is 1. The topological polar surface area (TPSA) is 73.8 Å². The average molecular weight is 507 g/mol. The first-order valence-corrected chi connectivity index (χ1v) is 13.6. The lowest BCUT2D eigenvalue weighted by atomic mass is 10.2. The van der Waals surface area contributed by atoms with Gasteiger partial charge in [0.2, 0.25) is 10.0 Å². The van der Waals surface area contributed by atoms with Crippen LogP contribution in [0.1, 0.15) is 37.0 Å². The lowest BCUT2D eigenvalue weighted by molar-refractivity contribution is 0.0985. The third-order valence-corrected chi connectivity index (χ3v) is 8.47. The number of carbonyl (C=O) groups excluding carboxylic acids is 1. The second-order valence-electron chi connectivity index (χ2n) is 8.24. The van der Waals surface area contributed by atoms with Gasteiger partial charge in [0.1, 0.15) is 5.82 Å². The van der Waals surface area contributed by atoms with Crippen LogP contribution in [-0.4, -0.2) is 68.8 Å². The first kappa shape index (κ1) is 26.2. The van der Waals surface area contributed by atoms with E-state index >= 15 is 0 Å². The molecule has 3 rings (SSSR count). The summed E-state index contributed by atoms with van der Waals surface area (Å²) < 4.78 is 41.8. The number of likely N-dealkylation sites (N-methyl/N-ethyl adjacent to an activating group) is 1. The highest BCUT2D eigenvalue weighted by Crippen LogP contribution is 2.30. The molecule has 0 fully saturated rings. The van der Waals surface area contributed by atoms with Crippen LogP contribution in [0.2, 0.25) is 0 Å². The lowest BCUT2D eigenvalue weighted by Gasteiger charge is -2.23. The molecule has 34 heavy (non-hydrogen) atoms. The van der Waals surface area contributed by atoms with Crippen LogP contribution in [0.5, 0.6) is 0 Å². The van der Waals surface area contributed by atoms with E-state index in [2.05, 4.69) is 4.98 Å². The maximum Gasteiger partial charge on any atom is 0.260 e. The van der Waals surface area contributed by atoms with Crippen LogP contribution in [0.4, 0.5) is 9.52 Å². The number of fused-ring (bicyclic) bond motifs is 1. The van der Waals surface area contributed by atoms with E-state index in [-0.39, 0.29) is 16.6 Å². The molecule has 0 spiro atoms. The van der Waals surface area contributed by atoms with Crippen molar-refractivity contribution in [3.8, 4) is 0 Å². The number of rotatable bonds is 11. The molecule has 0 radical (unpaired) electrons. The van der Waals surface area contributed by atoms with E-state index in [1.165, 1.54) is 39.9 Å². The zero-order chi connectivity index (χ0) is 24.9. The number of amides is 1. The minimum Gasteiger partial charge on any atom is -0.308 e. The normalized spacial score (nSPS) is 12.1. The minimum atomic E-state index is -3.63. The van der Waals surface area contributed by atoms with Gasteiger partial charge in [-0.3, -0.25) is 9.69 Å². The number of benzene rings is 2. The molecule has 1 heterocycles. The van der Waals surface area contributed by atoms with Crippen LogP contribution in [0.15, 0.2) is 47.4 Å². The van der Waals surface area contributed by atoms with Gasteiger partial charge in [-0.15, -0.1) is 0 Å². The van der Waals surface area contributed by atoms with Crippen LogP contribution < -0.4 is 4.90 Å². The van der Waals surface area contributed by atoms with Gasteiger partial charge in [0.25, 0.3) is 5.91 Å². The van der Waals surface area contributed by atoms with Crippen LogP contribution in [-0.2, 0) is 10.0 Å². The number of thiazole rings is 1. The fourth-order valence-electron chi connectivity index (χ4n) is 3.44. The van der Waals surface area contributed by atoms with Crippen molar-refractivity contribution in [2.24, 2.45) is 0 Å². The molecule has 0 saturated carbocycles. The van der Waals surface area contributed by atoms with Crippen LogP contribution in [0.3, 0.4) is 0 Å². The zero-order valence-corrected chi connectivity index (χ0v) is 21.6. The molecular formula is C24H31FN4O3S2. The summed E-state index contributed by atoms with van der Waals surface area (Å²) in [7, 11) is 0.196. The third kappa shape index (κ3) is 5.99. The summed E-state index contributed by atoms with van der Waals surface area (Å²) in [6.07, 6.45) is 1.69. The Kier molecular flexibility index (Phi) is 8.75. The van der Waals surface area contributed by atoms with Gasteiger partial charge < -0.3 is 4.90 Å². The fourth-order valence-corrected chi connectivity index (χ4v) is 5.95. The highest BCUT2D eigenvalue weighted by Gasteiger charge is 2.25. The summed E-state index contributed by atoms with van der Waals surface area (Å²) in [6.45, 7) is 5.68. The molecule has 0 saturated heterocycles. The van der Waals surface area contributed by atoms with Crippen molar-refractivity contribution in [3.63, 3.8) is 0 Å². The van der Waals surface area contributed by atoms with Crippen molar-refractivity contribution in [1.82, 2.24) is 14.2 Å². The van der Waals surface area contributed by atoms with E-state index in [1.807, 2.05) is 32.8 Å². The van der Waals surface area contributed by atoms with Crippen molar-refractivity contribution >= 4 is 42.6 Å². The standard InChI is InChI=1S/C24H31FN4O3S2/c1-5-7-14-28(6-2)34(31,32)20-11-8-18(9-12-20)23(30)29(16-15-27(3)4)24-26-21-13-10-19(25)17-22(21)33-24/h8-13,17H,5-7,14-16H2,1-4H3. The van der Waals surface area contributed by atoms with Crippen molar-refractivity contribution in [2.75, 3.05) is 45.2 Å². The Morgan fingerprint density at radius 2 is 1.74 bits per heavy atom. The molecule has 0 atom stereocenters. The van der Waals surface area contributed by atoms with Crippen LogP contribution in [0, 0.1) is 5.82 Å². The molecule has 184 valence electrons. The molecule has 7 nitrogen and oxygen atoms in total. The smallest absolute Gasteiger partial charge is 0.260 e. The molecule has 0 aliphatic rings. The first-order valence-electron chi connectivity index (χ1n) is 11.3. The monoisotopic (exact) mass is 506 g/mol. The van der Waals surface area contributed by atoms with Gasteiger partial charge in [-0.1, -0.05) is 31.6 Å².